The Kier molecular flexibility index (Phi) is 5.94. The first-order valence-corrected chi connectivity index (χ1v) is 8.40. The number of non-ortho nitro benzene ring substituents is 1. The molecule has 0 atom stereocenters. The number of benzene rings is 3. The van der Waals surface area contributed by atoms with Crippen molar-refractivity contribution in [1.29, 1.82) is 0 Å². The highest BCUT2D eigenvalue weighted by Crippen LogP contribution is 2.20. The molecule has 0 N–H and O–H groups in total. The van der Waals surface area contributed by atoms with Gasteiger partial charge in [0.15, 0.2) is 12.4 Å². The van der Waals surface area contributed by atoms with Crippen LogP contribution in [0.3, 0.4) is 0 Å². The quantitative estimate of drug-likeness (QED) is 0.198. The third kappa shape index (κ3) is 5.23. The molecule has 3 rings (SSSR count). The highest BCUT2D eigenvalue weighted by Gasteiger charge is 2.12. The van der Waals surface area contributed by atoms with E-state index >= 15 is 0 Å². The second-order valence-corrected chi connectivity index (χ2v) is 5.88. The molecule has 0 heterocycles. The van der Waals surface area contributed by atoms with Crippen LogP contribution in [0.4, 0.5) is 10.1 Å². The van der Waals surface area contributed by atoms with E-state index in [1.165, 1.54) is 72.8 Å². The van der Waals surface area contributed by atoms with Crippen LogP contribution in [0.5, 0.6) is 11.5 Å². The second kappa shape index (κ2) is 8.75. The number of nitrogens with zero attached hydrogens (tertiary/aromatic N) is 1. The van der Waals surface area contributed by atoms with Crippen LogP contribution in [0.1, 0.15) is 15.9 Å². The minimum atomic E-state index is -0.714. The molecule has 0 spiro atoms. The summed E-state index contributed by atoms with van der Waals surface area (Å²) >= 11 is 0. The third-order valence-electron chi connectivity index (χ3n) is 3.84. The molecule has 0 aliphatic heterocycles. The van der Waals surface area contributed by atoms with Crippen molar-refractivity contribution in [2.75, 3.05) is 6.61 Å². The lowest BCUT2D eigenvalue weighted by Gasteiger charge is -2.07. The molecule has 146 valence electrons. The molecule has 29 heavy (non-hydrogen) atoms. The van der Waals surface area contributed by atoms with E-state index in [1.54, 1.807) is 0 Å². The molecular weight excluding hydrogens is 381 g/mol. The van der Waals surface area contributed by atoms with Crippen molar-refractivity contribution in [3.8, 4) is 11.5 Å². The molecule has 7 nitrogen and oxygen atoms in total. The summed E-state index contributed by atoms with van der Waals surface area (Å²) in [7, 11) is 0. The van der Waals surface area contributed by atoms with Gasteiger partial charge in [-0.15, -0.1) is 0 Å². The lowest BCUT2D eigenvalue weighted by molar-refractivity contribution is -0.384. The third-order valence-corrected chi connectivity index (χ3v) is 3.84. The summed E-state index contributed by atoms with van der Waals surface area (Å²) in [6.07, 6.45) is 0. The molecule has 0 amide bonds. The summed E-state index contributed by atoms with van der Waals surface area (Å²) in [6.45, 7) is -0.447. The maximum absolute atomic E-state index is 13.0. The van der Waals surface area contributed by atoms with Crippen LogP contribution in [0.15, 0.2) is 72.8 Å². The molecule has 3 aromatic rings. The topological polar surface area (TPSA) is 95.7 Å². The van der Waals surface area contributed by atoms with E-state index in [2.05, 4.69) is 0 Å². The molecule has 0 aliphatic carbocycles. The van der Waals surface area contributed by atoms with E-state index in [-0.39, 0.29) is 23.0 Å². The summed E-state index contributed by atoms with van der Waals surface area (Å²) < 4.78 is 23.3. The Morgan fingerprint density at radius 3 is 2.14 bits per heavy atom. The van der Waals surface area contributed by atoms with Crippen molar-refractivity contribution in [1.82, 2.24) is 0 Å². The maximum atomic E-state index is 13.0. The fraction of sp³-hybridized carbons (Fsp3) is 0.0476. The van der Waals surface area contributed by atoms with Gasteiger partial charge in [0.2, 0.25) is 0 Å². The molecule has 0 aromatic heterocycles. The van der Waals surface area contributed by atoms with Crippen LogP contribution in [0, 0.1) is 15.9 Å². The normalized spacial score (nSPS) is 10.2. The van der Waals surface area contributed by atoms with Gasteiger partial charge in [0.25, 0.3) is 5.69 Å². The average Bonchev–Trinajstić information content (AvgIpc) is 2.73. The van der Waals surface area contributed by atoms with Gasteiger partial charge in [0.1, 0.15) is 17.3 Å². The van der Waals surface area contributed by atoms with Crippen molar-refractivity contribution < 1.29 is 28.4 Å². The number of ketones is 1. The summed E-state index contributed by atoms with van der Waals surface area (Å²) in [5.74, 6) is -1.08. The second-order valence-electron chi connectivity index (χ2n) is 5.88. The summed E-state index contributed by atoms with van der Waals surface area (Å²) in [5.41, 5.74) is 0.531. The Labute approximate surface area is 164 Å². The van der Waals surface area contributed by atoms with Crippen molar-refractivity contribution in [3.05, 3.63) is 99.9 Å². The SMILES string of the molecule is O=C(COc1cccc([N+](=O)[O-])c1)Oc1ccc(C(=O)c2ccc(F)cc2)cc1. The Balaban J connectivity index is 1.57. The minimum absolute atomic E-state index is 0.155. The molecule has 3 aromatic carbocycles. The Morgan fingerprint density at radius 1 is 0.897 bits per heavy atom. The van der Waals surface area contributed by atoms with Crippen LogP contribution in [-0.2, 0) is 4.79 Å². The predicted octanol–water partition coefficient (Wildman–Crippen LogP) is 3.95. The highest BCUT2D eigenvalue weighted by molar-refractivity contribution is 6.09. The van der Waals surface area contributed by atoms with Crippen molar-refractivity contribution in [2.24, 2.45) is 0 Å². The Morgan fingerprint density at radius 2 is 1.52 bits per heavy atom. The van der Waals surface area contributed by atoms with Crippen LogP contribution in [0.25, 0.3) is 0 Å². The van der Waals surface area contributed by atoms with E-state index in [0.717, 1.165) is 0 Å². The number of hydrogen-bond acceptors (Lipinski definition) is 6. The smallest absolute Gasteiger partial charge is 0.349 e. The van der Waals surface area contributed by atoms with E-state index in [1.807, 2.05) is 0 Å². The summed E-state index contributed by atoms with van der Waals surface area (Å²) in [5, 5.41) is 10.7. The van der Waals surface area contributed by atoms with Crippen molar-refractivity contribution >= 4 is 17.4 Å². The van der Waals surface area contributed by atoms with E-state index in [0.29, 0.717) is 11.1 Å². The van der Waals surface area contributed by atoms with Gasteiger partial charge in [-0.1, -0.05) is 6.07 Å². The molecule has 0 fully saturated rings. The molecule has 0 aliphatic rings. The van der Waals surface area contributed by atoms with E-state index in [4.69, 9.17) is 9.47 Å². The van der Waals surface area contributed by atoms with Gasteiger partial charge in [-0.3, -0.25) is 14.9 Å². The first-order valence-electron chi connectivity index (χ1n) is 8.40. The summed E-state index contributed by atoms with van der Waals surface area (Å²) in [6, 6.07) is 16.5. The molecular formula is C21H14FNO6. The highest BCUT2D eigenvalue weighted by atomic mass is 19.1. The first kappa shape index (κ1) is 19.7. The zero-order valence-electron chi connectivity index (χ0n) is 14.9. The fourth-order valence-electron chi connectivity index (χ4n) is 2.43. The number of rotatable bonds is 7. The largest absolute Gasteiger partial charge is 0.482 e. The van der Waals surface area contributed by atoms with Crippen LogP contribution in [-0.4, -0.2) is 23.3 Å². The van der Waals surface area contributed by atoms with Gasteiger partial charge in [-0.05, 0) is 54.6 Å². The van der Waals surface area contributed by atoms with Crippen LogP contribution >= 0.6 is 0 Å². The zero-order valence-corrected chi connectivity index (χ0v) is 14.9. The number of hydrogen-bond donors (Lipinski definition) is 0. The van der Waals surface area contributed by atoms with Crippen molar-refractivity contribution in [3.63, 3.8) is 0 Å². The standard InChI is InChI=1S/C21H14FNO6/c22-16-8-4-14(5-9-16)21(25)15-6-10-18(11-7-15)29-20(24)13-28-19-3-1-2-17(12-19)23(26)27/h1-12H,13H2. The van der Waals surface area contributed by atoms with Crippen LogP contribution in [0.2, 0.25) is 0 Å². The number of ether oxygens (including phenoxy) is 2. The predicted molar refractivity (Wildman–Crippen MR) is 101 cm³/mol. The Bertz CT molecular complexity index is 1050. The van der Waals surface area contributed by atoms with Crippen LogP contribution < -0.4 is 9.47 Å². The number of nitro groups is 1. The summed E-state index contributed by atoms with van der Waals surface area (Å²) in [4.78, 5) is 34.4. The van der Waals surface area contributed by atoms with E-state index < -0.39 is 23.3 Å². The minimum Gasteiger partial charge on any atom is -0.482 e. The monoisotopic (exact) mass is 395 g/mol. The molecule has 0 saturated heterocycles. The number of carbonyl (C=O) groups excluding carboxylic acids is 2. The Hall–Kier alpha value is -4.07. The number of nitro benzene ring substituents is 1. The van der Waals surface area contributed by atoms with Gasteiger partial charge in [-0.25, -0.2) is 9.18 Å². The number of carbonyl (C=O) groups is 2. The van der Waals surface area contributed by atoms with Gasteiger partial charge in [0, 0.05) is 17.2 Å². The zero-order chi connectivity index (χ0) is 20.8. The lowest BCUT2D eigenvalue weighted by Crippen LogP contribution is -2.17. The molecule has 0 saturated carbocycles. The number of esters is 1. The molecule has 0 bridgehead atoms. The number of halogens is 1. The van der Waals surface area contributed by atoms with Gasteiger partial charge in [-0.2, -0.15) is 0 Å². The first-order chi connectivity index (χ1) is 13.9. The molecule has 0 radical (unpaired) electrons. The molecule has 8 heteroatoms. The molecule has 0 unspecified atom stereocenters. The fourth-order valence-corrected chi connectivity index (χ4v) is 2.43. The van der Waals surface area contributed by atoms with Gasteiger partial charge < -0.3 is 9.47 Å². The van der Waals surface area contributed by atoms with Gasteiger partial charge in [0.05, 0.1) is 11.0 Å². The lowest BCUT2D eigenvalue weighted by atomic mass is 10.0. The van der Waals surface area contributed by atoms with Crippen molar-refractivity contribution in [2.45, 2.75) is 0 Å². The maximum Gasteiger partial charge on any atom is 0.349 e. The van der Waals surface area contributed by atoms with E-state index in [9.17, 15) is 24.1 Å². The average molecular weight is 395 g/mol. The van der Waals surface area contributed by atoms with Gasteiger partial charge >= 0.3 is 5.97 Å².